The monoisotopic (exact) mass is 283 g/mol. The molecular weight excluding hydrogens is 262 g/mol. The maximum atomic E-state index is 5.94. The van der Waals surface area contributed by atoms with Crippen LogP contribution in [0.3, 0.4) is 0 Å². The summed E-state index contributed by atoms with van der Waals surface area (Å²) in [6, 6.07) is 8.72. The zero-order valence-corrected chi connectivity index (χ0v) is 12.6. The predicted octanol–water partition coefficient (Wildman–Crippen LogP) is 4.52. The van der Waals surface area contributed by atoms with E-state index in [1.165, 1.54) is 29.9 Å². The van der Waals surface area contributed by atoms with Gasteiger partial charge in [-0.25, -0.2) is 0 Å². The molecule has 18 heavy (non-hydrogen) atoms. The Bertz CT molecular complexity index is 346. The molecule has 1 aliphatic rings. The van der Waals surface area contributed by atoms with Crippen LogP contribution in [0.25, 0.3) is 0 Å². The van der Waals surface area contributed by atoms with Gasteiger partial charge in [-0.05, 0) is 60.9 Å². The zero-order valence-electron chi connectivity index (χ0n) is 11.0. The normalized spacial score (nSPS) is 18.8. The van der Waals surface area contributed by atoms with Crippen molar-refractivity contribution < 1.29 is 0 Å². The smallest absolute Gasteiger partial charge is 0.0406 e. The van der Waals surface area contributed by atoms with Gasteiger partial charge in [-0.3, -0.25) is 0 Å². The summed E-state index contributed by atoms with van der Waals surface area (Å²) in [6.45, 7) is 3.39. The Morgan fingerprint density at radius 3 is 2.56 bits per heavy atom. The van der Waals surface area contributed by atoms with Crippen LogP contribution in [0.2, 0.25) is 5.02 Å². The first-order valence-corrected chi connectivity index (χ1v) is 8.39. The van der Waals surface area contributed by atoms with Crippen LogP contribution in [0.1, 0.15) is 37.8 Å². The average molecular weight is 284 g/mol. The van der Waals surface area contributed by atoms with Crippen molar-refractivity contribution in [2.24, 2.45) is 5.92 Å². The van der Waals surface area contributed by atoms with E-state index in [4.69, 9.17) is 11.6 Å². The Labute approximate surface area is 120 Å². The molecule has 1 nitrogen and oxygen atoms in total. The predicted molar refractivity (Wildman–Crippen MR) is 82.5 cm³/mol. The molecule has 2 rings (SSSR count). The molecule has 1 aromatic carbocycles. The fraction of sp³-hybridized carbons (Fsp3) is 0.600. The van der Waals surface area contributed by atoms with Gasteiger partial charge in [-0.2, -0.15) is 11.8 Å². The average Bonchev–Trinajstić information content (AvgIpc) is 2.42. The molecule has 0 aromatic heterocycles. The van der Waals surface area contributed by atoms with Gasteiger partial charge in [0.2, 0.25) is 0 Å². The second kappa shape index (κ2) is 7.42. The van der Waals surface area contributed by atoms with Gasteiger partial charge < -0.3 is 5.32 Å². The van der Waals surface area contributed by atoms with Gasteiger partial charge in [0, 0.05) is 11.1 Å². The minimum Gasteiger partial charge on any atom is -0.310 e. The highest BCUT2D eigenvalue weighted by Gasteiger charge is 2.16. The van der Waals surface area contributed by atoms with E-state index in [-0.39, 0.29) is 0 Å². The maximum absolute atomic E-state index is 5.94. The van der Waals surface area contributed by atoms with E-state index < -0.39 is 0 Å². The lowest BCUT2D eigenvalue weighted by atomic mass is 10.00. The summed E-state index contributed by atoms with van der Waals surface area (Å²) in [5.41, 5.74) is 1.35. The molecule has 1 aromatic rings. The Morgan fingerprint density at radius 2 is 1.94 bits per heavy atom. The van der Waals surface area contributed by atoms with Crippen molar-refractivity contribution in [1.82, 2.24) is 5.32 Å². The van der Waals surface area contributed by atoms with Crippen molar-refractivity contribution in [3.8, 4) is 0 Å². The quantitative estimate of drug-likeness (QED) is 0.852. The van der Waals surface area contributed by atoms with Gasteiger partial charge in [0.15, 0.2) is 0 Å². The van der Waals surface area contributed by atoms with Gasteiger partial charge in [-0.1, -0.05) is 30.7 Å². The lowest BCUT2D eigenvalue weighted by molar-refractivity contribution is 0.405. The standard InChI is InChI=1S/C15H22ClNS/c1-2-15(13-3-5-14(16)6-4-13)17-11-12-7-9-18-10-8-12/h3-6,12,15,17H,2,7-11H2,1H3. The van der Waals surface area contributed by atoms with Crippen molar-refractivity contribution in [1.29, 1.82) is 0 Å². The summed E-state index contributed by atoms with van der Waals surface area (Å²) in [4.78, 5) is 0. The zero-order chi connectivity index (χ0) is 12.8. The van der Waals surface area contributed by atoms with E-state index >= 15 is 0 Å². The van der Waals surface area contributed by atoms with Gasteiger partial charge in [-0.15, -0.1) is 0 Å². The van der Waals surface area contributed by atoms with Crippen LogP contribution in [0.15, 0.2) is 24.3 Å². The Balaban J connectivity index is 1.86. The molecule has 1 fully saturated rings. The number of halogens is 1. The highest BCUT2D eigenvalue weighted by atomic mass is 35.5. The third-order valence-corrected chi connectivity index (χ3v) is 4.98. The molecule has 0 saturated carbocycles. The summed E-state index contributed by atoms with van der Waals surface area (Å²) >= 11 is 8.03. The summed E-state index contributed by atoms with van der Waals surface area (Å²) in [7, 11) is 0. The van der Waals surface area contributed by atoms with E-state index in [1.54, 1.807) is 0 Å². The molecule has 0 amide bonds. The fourth-order valence-corrected chi connectivity index (χ4v) is 3.78. The fourth-order valence-electron chi connectivity index (χ4n) is 2.45. The lowest BCUT2D eigenvalue weighted by Gasteiger charge is -2.25. The van der Waals surface area contributed by atoms with E-state index in [9.17, 15) is 0 Å². The van der Waals surface area contributed by atoms with Crippen LogP contribution < -0.4 is 5.32 Å². The molecule has 1 saturated heterocycles. The van der Waals surface area contributed by atoms with Crippen LogP contribution >= 0.6 is 23.4 Å². The molecule has 0 radical (unpaired) electrons. The Kier molecular flexibility index (Phi) is 5.87. The van der Waals surface area contributed by atoms with E-state index in [2.05, 4.69) is 36.1 Å². The Morgan fingerprint density at radius 1 is 1.28 bits per heavy atom. The number of thioether (sulfide) groups is 1. The molecule has 1 heterocycles. The largest absolute Gasteiger partial charge is 0.310 e. The van der Waals surface area contributed by atoms with Gasteiger partial charge in [0.05, 0.1) is 0 Å². The van der Waals surface area contributed by atoms with E-state index in [0.29, 0.717) is 6.04 Å². The first kappa shape index (κ1) is 14.2. The summed E-state index contributed by atoms with van der Waals surface area (Å²) < 4.78 is 0. The SMILES string of the molecule is CCC(NCC1CCSCC1)c1ccc(Cl)cc1. The lowest BCUT2D eigenvalue weighted by Crippen LogP contribution is -2.29. The summed E-state index contributed by atoms with van der Waals surface area (Å²) in [5, 5.41) is 4.54. The van der Waals surface area contributed by atoms with Gasteiger partial charge in [0.25, 0.3) is 0 Å². The van der Waals surface area contributed by atoms with Gasteiger partial charge >= 0.3 is 0 Å². The number of nitrogens with one attached hydrogen (secondary N) is 1. The molecular formula is C15H22ClNS. The van der Waals surface area contributed by atoms with Crippen LogP contribution in [0.4, 0.5) is 0 Å². The van der Waals surface area contributed by atoms with E-state index in [1.807, 2.05) is 12.1 Å². The highest BCUT2D eigenvalue weighted by molar-refractivity contribution is 7.99. The minimum absolute atomic E-state index is 0.469. The van der Waals surface area contributed by atoms with Gasteiger partial charge in [0.1, 0.15) is 0 Å². The van der Waals surface area contributed by atoms with Crippen LogP contribution in [0, 0.1) is 5.92 Å². The molecule has 1 atom stereocenters. The van der Waals surface area contributed by atoms with Crippen molar-refractivity contribution >= 4 is 23.4 Å². The first-order chi connectivity index (χ1) is 8.79. The maximum Gasteiger partial charge on any atom is 0.0406 e. The molecule has 0 spiro atoms. The molecule has 0 aliphatic carbocycles. The van der Waals surface area contributed by atoms with Crippen molar-refractivity contribution in [2.75, 3.05) is 18.1 Å². The molecule has 1 unspecified atom stereocenters. The van der Waals surface area contributed by atoms with Crippen LogP contribution in [0.5, 0.6) is 0 Å². The molecule has 3 heteroatoms. The third-order valence-electron chi connectivity index (χ3n) is 3.67. The summed E-state index contributed by atoms with van der Waals surface area (Å²) in [6.07, 6.45) is 3.87. The molecule has 100 valence electrons. The second-order valence-corrected chi connectivity index (χ2v) is 6.64. The number of rotatable bonds is 5. The number of hydrogen-bond acceptors (Lipinski definition) is 2. The number of hydrogen-bond donors (Lipinski definition) is 1. The second-order valence-electron chi connectivity index (χ2n) is 4.98. The summed E-state index contributed by atoms with van der Waals surface area (Å²) in [5.74, 6) is 3.54. The Hall–Kier alpha value is -0.180. The van der Waals surface area contributed by atoms with Crippen LogP contribution in [-0.4, -0.2) is 18.1 Å². The van der Waals surface area contributed by atoms with Crippen LogP contribution in [-0.2, 0) is 0 Å². The van der Waals surface area contributed by atoms with Crippen molar-refractivity contribution in [3.05, 3.63) is 34.9 Å². The minimum atomic E-state index is 0.469. The highest BCUT2D eigenvalue weighted by Crippen LogP contribution is 2.24. The first-order valence-electron chi connectivity index (χ1n) is 6.86. The number of benzene rings is 1. The van der Waals surface area contributed by atoms with E-state index in [0.717, 1.165) is 23.9 Å². The van der Waals surface area contributed by atoms with Crippen molar-refractivity contribution in [2.45, 2.75) is 32.2 Å². The molecule has 0 bridgehead atoms. The van der Waals surface area contributed by atoms with Crippen molar-refractivity contribution in [3.63, 3.8) is 0 Å². The third kappa shape index (κ3) is 4.18. The molecule has 1 aliphatic heterocycles. The molecule has 1 N–H and O–H groups in total. The topological polar surface area (TPSA) is 12.0 Å².